The fraction of sp³-hybridized carbons (Fsp3) is 0.754. The summed E-state index contributed by atoms with van der Waals surface area (Å²) in [7, 11) is 0. The Bertz CT molecular complexity index is 1170. The summed E-state index contributed by atoms with van der Waals surface area (Å²) in [4.78, 5) is 26.2. The molecule has 0 saturated carbocycles. The number of aliphatic hydroxyl groups excluding tert-OH is 2. The van der Waals surface area contributed by atoms with Crippen LogP contribution in [0.2, 0.25) is 0 Å². The predicted molar refractivity (Wildman–Crippen MR) is 273 cm³/mol. The van der Waals surface area contributed by atoms with Gasteiger partial charge in [-0.3, -0.25) is 9.59 Å². The van der Waals surface area contributed by atoms with Gasteiger partial charge < -0.3 is 20.3 Å². The van der Waals surface area contributed by atoms with Gasteiger partial charge in [0.1, 0.15) is 6.10 Å². The number of amides is 1. The number of carbonyl (C=O) groups excluding carboxylic acids is 2. The number of hydrogen-bond acceptors (Lipinski definition) is 5. The van der Waals surface area contributed by atoms with Crippen molar-refractivity contribution in [2.45, 2.75) is 270 Å². The van der Waals surface area contributed by atoms with Crippen molar-refractivity contribution in [3.63, 3.8) is 0 Å². The summed E-state index contributed by atoms with van der Waals surface area (Å²) in [5.74, 6) is -0.522. The van der Waals surface area contributed by atoms with E-state index in [9.17, 15) is 19.8 Å². The van der Waals surface area contributed by atoms with Crippen molar-refractivity contribution >= 4 is 11.9 Å². The second-order valence-electron chi connectivity index (χ2n) is 18.0. The fourth-order valence-electron chi connectivity index (χ4n) is 7.89. The molecule has 0 aliphatic rings. The van der Waals surface area contributed by atoms with E-state index >= 15 is 0 Å². The van der Waals surface area contributed by atoms with E-state index in [1.165, 1.54) is 116 Å². The Kier molecular flexibility index (Phi) is 48.1. The highest BCUT2D eigenvalue weighted by molar-refractivity contribution is 5.77. The molecule has 0 aromatic carbocycles. The summed E-state index contributed by atoms with van der Waals surface area (Å²) in [6.07, 6.45) is 63.9. The highest BCUT2D eigenvalue weighted by atomic mass is 16.5. The van der Waals surface area contributed by atoms with Gasteiger partial charge in [0.05, 0.1) is 25.2 Å². The van der Waals surface area contributed by atoms with Crippen LogP contribution in [0.15, 0.2) is 72.9 Å². The second kappa shape index (κ2) is 50.3. The summed E-state index contributed by atoms with van der Waals surface area (Å²) in [5.41, 5.74) is 0. The van der Waals surface area contributed by atoms with Gasteiger partial charge in [-0.2, -0.15) is 0 Å². The van der Waals surface area contributed by atoms with Crippen LogP contribution in [0.5, 0.6) is 0 Å². The lowest BCUT2D eigenvalue weighted by molar-refractivity contribution is -0.151. The van der Waals surface area contributed by atoms with Gasteiger partial charge in [-0.1, -0.05) is 241 Å². The first-order valence-electron chi connectivity index (χ1n) is 26.7. The van der Waals surface area contributed by atoms with Gasteiger partial charge in [0.25, 0.3) is 0 Å². The van der Waals surface area contributed by atoms with Crippen LogP contribution in [0.3, 0.4) is 0 Å². The van der Waals surface area contributed by atoms with Gasteiger partial charge in [-0.15, -0.1) is 0 Å². The minimum atomic E-state index is -0.803. The zero-order chi connectivity index (χ0) is 45.9. The number of nitrogens with one attached hydrogen (secondary N) is 1. The van der Waals surface area contributed by atoms with E-state index in [0.29, 0.717) is 19.3 Å². The highest BCUT2D eigenvalue weighted by Gasteiger charge is 2.24. The van der Waals surface area contributed by atoms with E-state index in [4.69, 9.17) is 4.74 Å². The molecule has 364 valence electrons. The van der Waals surface area contributed by atoms with Gasteiger partial charge in [0.2, 0.25) is 5.91 Å². The Morgan fingerprint density at radius 1 is 0.492 bits per heavy atom. The first kappa shape index (κ1) is 60.3. The Balaban J connectivity index is 4.57. The SMILES string of the molecule is CC/C=C/C=C/C=C/C=C\CCCCCC(CC(=O)NC(CO)C(O)CCCCCCCCCCCCCCCCCCC)OC(=O)CCCCCCCCC/C=C/C/C=C/CC. The van der Waals surface area contributed by atoms with E-state index in [-0.39, 0.29) is 24.9 Å². The molecule has 0 aliphatic carbocycles. The molecule has 0 aromatic heterocycles. The van der Waals surface area contributed by atoms with Crippen LogP contribution < -0.4 is 5.32 Å². The molecule has 6 nitrogen and oxygen atoms in total. The summed E-state index contributed by atoms with van der Waals surface area (Å²) in [6, 6.07) is -0.719. The van der Waals surface area contributed by atoms with Crippen LogP contribution in [-0.4, -0.2) is 46.9 Å². The normalized spacial score (nSPS) is 13.8. The Labute approximate surface area is 390 Å². The van der Waals surface area contributed by atoms with Gasteiger partial charge in [-0.25, -0.2) is 0 Å². The molecule has 1 amide bonds. The van der Waals surface area contributed by atoms with Crippen molar-refractivity contribution in [3.8, 4) is 0 Å². The fourth-order valence-corrected chi connectivity index (χ4v) is 7.89. The quantitative estimate of drug-likeness (QED) is 0.0245. The number of rotatable bonds is 47. The molecular formula is C57H101NO5. The summed E-state index contributed by atoms with van der Waals surface area (Å²) >= 11 is 0. The van der Waals surface area contributed by atoms with E-state index in [2.05, 4.69) is 74.7 Å². The van der Waals surface area contributed by atoms with E-state index in [0.717, 1.165) is 89.9 Å². The number of hydrogen-bond donors (Lipinski definition) is 3. The van der Waals surface area contributed by atoms with Gasteiger partial charge in [-0.05, 0) is 70.6 Å². The highest BCUT2D eigenvalue weighted by Crippen LogP contribution is 2.18. The number of carbonyl (C=O) groups is 2. The smallest absolute Gasteiger partial charge is 0.306 e. The van der Waals surface area contributed by atoms with Crippen molar-refractivity contribution in [3.05, 3.63) is 72.9 Å². The maximum absolute atomic E-state index is 13.2. The topological polar surface area (TPSA) is 95.9 Å². The minimum Gasteiger partial charge on any atom is -0.462 e. The molecule has 3 N–H and O–H groups in total. The van der Waals surface area contributed by atoms with E-state index < -0.39 is 18.2 Å². The van der Waals surface area contributed by atoms with Crippen LogP contribution >= 0.6 is 0 Å². The summed E-state index contributed by atoms with van der Waals surface area (Å²) < 4.78 is 5.91. The lowest BCUT2D eigenvalue weighted by Gasteiger charge is -2.24. The first-order chi connectivity index (χ1) is 31.0. The predicted octanol–water partition coefficient (Wildman–Crippen LogP) is 16.2. The van der Waals surface area contributed by atoms with Crippen LogP contribution in [0, 0.1) is 0 Å². The maximum Gasteiger partial charge on any atom is 0.306 e. The molecule has 0 bridgehead atoms. The van der Waals surface area contributed by atoms with E-state index in [1.807, 2.05) is 24.3 Å². The average molecular weight is 880 g/mol. The van der Waals surface area contributed by atoms with Crippen molar-refractivity contribution in [2.24, 2.45) is 0 Å². The number of ether oxygens (including phenoxy) is 1. The van der Waals surface area contributed by atoms with Crippen molar-refractivity contribution in [2.75, 3.05) is 6.61 Å². The molecule has 3 unspecified atom stereocenters. The monoisotopic (exact) mass is 880 g/mol. The zero-order valence-corrected chi connectivity index (χ0v) is 41.4. The Morgan fingerprint density at radius 3 is 1.49 bits per heavy atom. The number of aliphatic hydroxyl groups is 2. The van der Waals surface area contributed by atoms with Crippen LogP contribution in [0.4, 0.5) is 0 Å². The third-order valence-electron chi connectivity index (χ3n) is 11.9. The summed E-state index contributed by atoms with van der Waals surface area (Å²) in [5, 5.41) is 23.8. The molecule has 0 aliphatic heterocycles. The maximum atomic E-state index is 13.2. The molecule has 0 radical (unpaired) electrons. The first-order valence-corrected chi connectivity index (χ1v) is 26.7. The van der Waals surface area contributed by atoms with Crippen molar-refractivity contribution in [1.82, 2.24) is 5.32 Å². The molecule has 6 heteroatoms. The third kappa shape index (κ3) is 45.7. The second-order valence-corrected chi connectivity index (χ2v) is 18.0. The molecule has 0 rings (SSSR count). The largest absolute Gasteiger partial charge is 0.462 e. The molecule has 63 heavy (non-hydrogen) atoms. The van der Waals surface area contributed by atoms with Gasteiger partial charge in [0.15, 0.2) is 0 Å². The third-order valence-corrected chi connectivity index (χ3v) is 11.9. The minimum absolute atomic E-state index is 0.0460. The Hall–Kier alpha value is -2.70. The molecule has 0 heterocycles. The molecule has 3 atom stereocenters. The molecule has 0 spiro atoms. The molecule has 0 aromatic rings. The lowest BCUT2D eigenvalue weighted by Crippen LogP contribution is -2.46. The number of unbranched alkanes of at least 4 members (excludes halogenated alkanes) is 26. The molecule has 0 saturated heterocycles. The molecule has 0 fully saturated rings. The van der Waals surface area contributed by atoms with Gasteiger partial charge >= 0.3 is 5.97 Å². The van der Waals surface area contributed by atoms with E-state index in [1.54, 1.807) is 0 Å². The molecular weight excluding hydrogens is 779 g/mol. The standard InChI is InChI=1S/C57H101NO5/c1-4-7-10-13-16-19-22-25-27-28-29-31-34-37-40-43-46-49-55(60)54(52-59)58-56(61)51-53(48-45-42-39-36-33-30-24-21-18-15-12-9-6-3)63-57(62)50-47-44-41-38-35-32-26-23-20-17-14-11-8-5-2/h8-9,11-12,15,17-18,20-21,24,30,33,53-55,59-60H,4-7,10,13-14,16,19,22-23,25-29,31-32,34-52H2,1-3H3,(H,58,61)/b11-8+,12-9+,18-15+,20-17+,24-21+,33-30-. The summed E-state index contributed by atoms with van der Waals surface area (Å²) in [6.45, 7) is 6.24. The lowest BCUT2D eigenvalue weighted by atomic mass is 10.0. The van der Waals surface area contributed by atoms with Crippen molar-refractivity contribution < 1.29 is 24.5 Å². The number of allylic oxidation sites excluding steroid dienone is 12. The average Bonchev–Trinajstić information content (AvgIpc) is 3.28. The number of esters is 1. The van der Waals surface area contributed by atoms with Crippen LogP contribution in [0.1, 0.15) is 252 Å². The van der Waals surface area contributed by atoms with Crippen LogP contribution in [0.25, 0.3) is 0 Å². The van der Waals surface area contributed by atoms with Crippen molar-refractivity contribution in [1.29, 1.82) is 0 Å². The van der Waals surface area contributed by atoms with Crippen LogP contribution in [-0.2, 0) is 14.3 Å². The van der Waals surface area contributed by atoms with Gasteiger partial charge in [0, 0.05) is 6.42 Å². The Morgan fingerprint density at radius 2 is 0.937 bits per heavy atom. The zero-order valence-electron chi connectivity index (χ0n) is 41.4.